The van der Waals surface area contributed by atoms with Gasteiger partial charge in [0.05, 0.1) is 4.88 Å². The number of halogens is 1. The molecular weight excluding hydrogens is 430 g/mol. The Morgan fingerprint density at radius 2 is 1.97 bits per heavy atom. The molecule has 10 heteroatoms. The number of aromatic nitrogens is 3. The molecule has 3 aromatic rings. The van der Waals surface area contributed by atoms with Gasteiger partial charge >= 0.3 is 0 Å². The van der Waals surface area contributed by atoms with Crippen LogP contribution in [0.4, 0.5) is 0 Å². The van der Waals surface area contributed by atoms with Crippen molar-refractivity contribution < 1.29 is 9.59 Å². The van der Waals surface area contributed by atoms with E-state index in [-0.39, 0.29) is 12.5 Å². The van der Waals surface area contributed by atoms with E-state index in [1.54, 1.807) is 28.8 Å². The predicted octanol–water partition coefficient (Wildman–Crippen LogP) is 3.66. The molecule has 0 saturated heterocycles. The number of H-pyrrole nitrogens is 1. The van der Waals surface area contributed by atoms with Crippen molar-refractivity contribution in [3.8, 4) is 11.4 Å². The van der Waals surface area contributed by atoms with Crippen LogP contribution in [0.5, 0.6) is 0 Å². The average molecular weight is 448 g/mol. The first-order chi connectivity index (χ1) is 14.0. The number of fused-ring (bicyclic) bond motifs is 1. The number of aryl methyl sites for hydroxylation is 2. The summed E-state index contributed by atoms with van der Waals surface area (Å²) in [6.45, 7) is -0.0888. The van der Waals surface area contributed by atoms with Crippen LogP contribution in [0.3, 0.4) is 0 Å². The van der Waals surface area contributed by atoms with E-state index in [9.17, 15) is 9.59 Å². The second-order valence-corrected chi connectivity index (χ2v) is 8.67. The highest BCUT2D eigenvalue weighted by atomic mass is 35.5. The molecule has 150 valence electrons. The Bertz CT molecular complexity index is 1090. The number of nitrogens with zero attached hydrogens (tertiary/aromatic N) is 2. The molecule has 0 fully saturated rings. The van der Waals surface area contributed by atoms with Gasteiger partial charge in [-0.1, -0.05) is 11.6 Å². The Balaban J connectivity index is 1.41. The largest absolute Gasteiger partial charge is 0.291 e. The van der Waals surface area contributed by atoms with Gasteiger partial charge in [0, 0.05) is 15.5 Å². The molecule has 1 aromatic carbocycles. The lowest BCUT2D eigenvalue weighted by Crippen LogP contribution is -2.43. The molecule has 0 aliphatic heterocycles. The molecule has 2 amide bonds. The first-order valence-electron chi connectivity index (χ1n) is 9.13. The van der Waals surface area contributed by atoms with E-state index in [1.807, 2.05) is 6.07 Å². The van der Waals surface area contributed by atoms with Gasteiger partial charge in [-0.15, -0.1) is 11.3 Å². The van der Waals surface area contributed by atoms with Crippen LogP contribution < -0.4 is 10.9 Å². The number of hydrogen-bond donors (Lipinski definition) is 3. The summed E-state index contributed by atoms with van der Waals surface area (Å²) in [6.07, 6.45) is 4.35. The number of nitrogens with one attached hydrogen (secondary N) is 3. The minimum Gasteiger partial charge on any atom is -0.291 e. The molecule has 2 heterocycles. The Morgan fingerprint density at radius 3 is 2.72 bits per heavy atom. The summed E-state index contributed by atoms with van der Waals surface area (Å²) < 4.78 is 1.87. The van der Waals surface area contributed by atoms with Crippen molar-refractivity contribution in [1.29, 1.82) is 0 Å². The van der Waals surface area contributed by atoms with Crippen molar-refractivity contribution in [2.24, 2.45) is 0 Å². The third kappa shape index (κ3) is 4.42. The quantitative estimate of drug-likeness (QED) is 0.420. The van der Waals surface area contributed by atoms with Crippen LogP contribution >= 0.6 is 35.2 Å². The highest BCUT2D eigenvalue weighted by Crippen LogP contribution is 2.29. The monoisotopic (exact) mass is 447 g/mol. The van der Waals surface area contributed by atoms with Gasteiger partial charge in [0.2, 0.25) is 0 Å². The minimum absolute atomic E-state index is 0.0888. The lowest BCUT2D eigenvalue weighted by molar-refractivity contribution is -0.122. The van der Waals surface area contributed by atoms with E-state index in [4.69, 9.17) is 23.8 Å². The van der Waals surface area contributed by atoms with Crippen LogP contribution in [0.1, 0.15) is 33.0 Å². The molecule has 3 N–H and O–H groups in total. The predicted molar refractivity (Wildman–Crippen MR) is 114 cm³/mol. The molecule has 1 aliphatic rings. The summed E-state index contributed by atoms with van der Waals surface area (Å²) in [4.78, 5) is 26.6. The molecule has 0 unspecified atom stereocenters. The SMILES string of the molecule is O=C(Cn1c(-c2ccc(Cl)cc2)n[nH]c1=S)NNC(=O)c1cc2c(s1)CCCC2. The van der Waals surface area contributed by atoms with Crippen LogP contribution in [-0.4, -0.2) is 26.6 Å². The van der Waals surface area contributed by atoms with E-state index in [0.29, 0.717) is 20.5 Å². The summed E-state index contributed by atoms with van der Waals surface area (Å²) in [6, 6.07) is 8.98. The van der Waals surface area contributed by atoms with Gasteiger partial charge < -0.3 is 0 Å². The Labute approximate surface area is 181 Å². The molecule has 1 aliphatic carbocycles. The van der Waals surface area contributed by atoms with E-state index in [0.717, 1.165) is 31.2 Å². The topological polar surface area (TPSA) is 91.8 Å². The number of rotatable bonds is 4. The number of hydrazine groups is 1. The molecule has 0 radical (unpaired) electrons. The first kappa shape index (κ1) is 19.8. The Hall–Kier alpha value is -2.49. The zero-order chi connectivity index (χ0) is 20.4. The molecule has 4 rings (SSSR count). The maximum atomic E-state index is 12.4. The number of aromatic amines is 1. The third-order valence-electron chi connectivity index (χ3n) is 4.70. The van der Waals surface area contributed by atoms with E-state index < -0.39 is 5.91 Å². The maximum absolute atomic E-state index is 12.4. The normalized spacial score (nSPS) is 13.0. The van der Waals surface area contributed by atoms with Crippen molar-refractivity contribution in [3.05, 3.63) is 55.4 Å². The fourth-order valence-electron chi connectivity index (χ4n) is 3.26. The van der Waals surface area contributed by atoms with Gasteiger partial charge in [-0.2, -0.15) is 5.10 Å². The number of amides is 2. The highest BCUT2D eigenvalue weighted by Gasteiger charge is 2.18. The van der Waals surface area contributed by atoms with E-state index in [1.165, 1.54) is 21.8 Å². The molecule has 29 heavy (non-hydrogen) atoms. The highest BCUT2D eigenvalue weighted by molar-refractivity contribution is 7.71. The summed E-state index contributed by atoms with van der Waals surface area (Å²) >= 11 is 12.6. The maximum Gasteiger partial charge on any atom is 0.279 e. The molecule has 0 atom stereocenters. The average Bonchev–Trinajstić information content (AvgIpc) is 3.31. The zero-order valence-corrected chi connectivity index (χ0v) is 17.7. The summed E-state index contributed by atoms with van der Waals surface area (Å²) in [5.74, 6) is -0.210. The van der Waals surface area contributed by atoms with Gasteiger partial charge in [0.25, 0.3) is 11.8 Å². The van der Waals surface area contributed by atoms with Gasteiger partial charge in [0.1, 0.15) is 6.54 Å². The second-order valence-electron chi connectivity index (χ2n) is 6.71. The molecular formula is C19H18ClN5O2S2. The van der Waals surface area contributed by atoms with Gasteiger partial charge in [0.15, 0.2) is 10.6 Å². The lowest BCUT2D eigenvalue weighted by atomic mass is 9.99. The van der Waals surface area contributed by atoms with Crippen molar-refractivity contribution in [2.75, 3.05) is 0 Å². The molecule has 0 saturated carbocycles. The molecule has 2 aromatic heterocycles. The van der Waals surface area contributed by atoms with Crippen molar-refractivity contribution >= 4 is 47.0 Å². The standard InChI is InChI=1S/C19H18ClN5O2S2/c20-13-7-5-11(6-8-13)17-22-24-19(28)25(17)10-16(26)21-23-18(27)15-9-12-3-1-2-4-14(12)29-15/h5-9H,1-4,10H2,(H,21,26)(H,23,27)(H,24,28). The van der Waals surface area contributed by atoms with Crippen molar-refractivity contribution in [1.82, 2.24) is 25.6 Å². The van der Waals surface area contributed by atoms with Crippen LogP contribution in [0.25, 0.3) is 11.4 Å². The van der Waals surface area contributed by atoms with Crippen molar-refractivity contribution in [3.63, 3.8) is 0 Å². The van der Waals surface area contributed by atoms with Gasteiger partial charge in [-0.3, -0.25) is 30.1 Å². The number of carbonyl (C=O) groups is 2. The Kier molecular flexibility index (Phi) is 5.79. The fraction of sp³-hybridized carbons (Fsp3) is 0.263. The van der Waals surface area contributed by atoms with Gasteiger partial charge in [-0.25, -0.2) is 0 Å². The zero-order valence-electron chi connectivity index (χ0n) is 15.3. The van der Waals surface area contributed by atoms with Crippen LogP contribution in [0, 0.1) is 4.77 Å². The molecule has 7 nitrogen and oxygen atoms in total. The van der Waals surface area contributed by atoms with E-state index >= 15 is 0 Å². The summed E-state index contributed by atoms with van der Waals surface area (Å²) in [7, 11) is 0. The molecule has 0 bridgehead atoms. The fourth-order valence-corrected chi connectivity index (χ4v) is 4.73. The molecule has 0 spiro atoms. The smallest absolute Gasteiger partial charge is 0.279 e. The van der Waals surface area contributed by atoms with E-state index in [2.05, 4.69) is 21.0 Å². The van der Waals surface area contributed by atoms with Crippen LogP contribution in [-0.2, 0) is 24.2 Å². The summed E-state index contributed by atoms with van der Waals surface area (Å²) in [5, 5.41) is 7.48. The second kappa shape index (κ2) is 8.48. The number of thiophene rings is 1. The van der Waals surface area contributed by atoms with Crippen molar-refractivity contribution in [2.45, 2.75) is 32.2 Å². The van der Waals surface area contributed by atoms with Gasteiger partial charge in [-0.05, 0) is 73.8 Å². The number of hydrogen-bond acceptors (Lipinski definition) is 5. The number of carbonyl (C=O) groups excluding carboxylic acids is 2. The Morgan fingerprint density at radius 1 is 1.21 bits per heavy atom. The van der Waals surface area contributed by atoms with Crippen LogP contribution in [0.15, 0.2) is 30.3 Å². The third-order valence-corrected chi connectivity index (χ3v) is 6.50. The summed E-state index contributed by atoms with van der Waals surface area (Å²) in [5.41, 5.74) is 6.95. The minimum atomic E-state index is -0.410. The number of benzene rings is 1. The lowest BCUT2D eigenvalue weighted by Gasteiger charge is -2.09. The first-order valence-corrected chi connectivity index (χ1v) is 10.7. The van der Waals surface area contributed by atoms with Crippen LogP contribution in [0.2, 0.25) is 5.02 Å².